The number of hydrogen-bond donors (Lipinski definition) is 1. The summed E-state index contributed by atoms with van der Waals surface area (Å²) in [6.45, 7) is 12.6. The van der Waals surface area contributed by atoms with Gasteiger partial charge in [0.25, 0.3) is 0 Å². The van der Waals surface area contributed by atoms with Crippen molar-refractivity contribution < 1.29 is 4.74 Å². The Morgan fingerprint density at radius 1 is 1.30 bits per heavy atom. The first-order chi connectivity index (χ1) is 9.44. The molecule has 1 aromatic rings. The van der Waals surface area contributed by atoms with Crippen LogP contribution in [0, 0.1) is 13.8 Å². The standard InChI is InChI=1S/C17H28N2O/c1-13-6-7-15(10-14(13)2)16(18-5)11-19-8-9-20-12-17(19,3)4/h6-7,10,16,18H,8-9,11-12H2,1-5H3. The maximum atomic E-state index is 5.61. The van der Waals surface area contributed by atoms with Gasteiger partial charge >= 0.3 is 0 Å². The van der Waals surface area contributed by atoms with Crippen LogP contribution in [0.5, 0.6) is 0 Å². The van der Waals surface area contributed by atoms with Crippen LogP contribution in [-0.2, 0) is 4.74 Å². The van der Waals surface area contributed by atoms with Gasteiger partial charge in [0, 0.05) is 24.7 Å². The summed E-state index contributed by atoms with van der Waals surface area (Å²) in [6, 6.07) is 7.15. The minimum Gasteiger partial charge on any atom is -0.378 e. The van der Waals surface area contributed by atoms with Crippen molar-refractivity contribution in [1.82, 2.24) is 10.2 Å². The zero-order valence-corrected chi connectivity index (χ0v) is 13.5. The summed E-state index contributed by atoms with van der Waals surface area (Å²) < 4.78 is 5.61. The van der Waals surface area contributed by atoms with Gasteiger partial charge in [-0.3, -0.25) is 4.90 Å². The molecule has 1 unspecified atom stereocenters. The maximum Gasteiger partial charge on any atom is 0.0645 e. The van der Waals surface area contributed by atoms with Crippen molar-refractivity contribution >= 4 is 0 Å². The van der Waals surface area contributed by atoms with Crippen LogP contribution in [-0.4, -0.2) is 43.8 Å². The molecule has 3 nitrogen and oxygen atoms in total. The lowest BCUT2D eigenvalue weighted by molar-refractivity contribution is -0.0543. The fourth-order valence-corrected chi connectivity index (χ4v) is 2.79. The maximum absolute atomic E-state index is 5.61. The van der Waals surface area contributed by atoms with E-state index in [0.29, 0.717) is 6.04 Å². The van der Waals surface area contributed by atoms with Crippen molar-refractivity contribution in [2.45, 2.75) is 39.3 Å². The number of likely N-dealkylation sites (N-methyl/N-ethyl adjacent to an activating group) is 1. The van der Waals surface area contributed by atoms with Crippen LogP contribution in [0.15, 0.2) is 18.2 Å². The number of morpholine rings is 1. The van der Waals surface area contributed by atoms with Gasteiger partial charge in [0.05, 0.1) is 13.2 Å². The van der Waals surface area contributed by atoms with Gasteiger partial charge in [-0.15, -0.1) is 0 Å². The van der Waals surface area contributed by atoms with Crippen molar-refractivity contribution in [3.63, 3.8) is 0 Å². The Kier molecular flexibility index (Phi) is 4.84. The SMILES string of the molecule is CNC(CN1CCOCC1(C)C)c1ccc(C)c(C)c1. The molecule has 0 saturated carbocycles. The van der Waals surface area contributed by atoms with E-state index in [2.05, 4.69) is 56.1 Å². The Balaban J connectivity index is 2.13. The first-order valence-corrected chi connectivity index (χ1v) is 7.51. The van der Waals surface area contributed by atoms with Gasteiger partial charge in [-0.2, -0.15) is 0 Å². The third kappa shape index (κ3) is 3.40. The van der Waals surface area contributed by atoms with E-state index in [9.17, 15) is 0 Å². The molecular formula is C17H28N2O. The lowest BCUT2D eigenvalue weighted by Crippen LogP contribution is -2.54. The van der Waals surface area contributed by atoms with Gasteiger partial charge in [-0.1, -0.05) is 18.2 Å². The van der Waals surface area contributed by atoms with Crippen molar-refractivity contribution in [2.24, 2.45) is 0 Å². The average molecular weight is 276 g/mol. The Bertz CT molecular complexity index is 456. The normalized spacial score (nSPS) is 20.9. The first-order valence-electron chi connectivity index (χ1n) is 7.51. The second-order valence-electron chi connectivity index (χ2n) is 6.50. The summed E-state index contributed by atoms with van der Waals surface area (Å²) in [4.78, 5) is 2.53. The van der Waals surface area contributed by atoms with Crippen LogP contribution in [0.25, 0.3) is 0 Å². The number of nitrogens with zero attached hydrogens (tertiary/aromatic N) is 1. The van der Waals surface area contributed by atoms with Crippen LogP contribution in [0.1, 0.15) is 36.6 Å². The topological polar surface area (TPSA) is 24.5 Å². The Morgan fingerprint density at radius 3 is 2.65 bits per heavy atom. The zero-order chi connectivity index (χ0) is 14.8. The molecule has 1 aliphatic heterocycles. The fourth-order valence-electron chi connectivity index (χ4n) is 2.79. The van der Waals surface area contributed by atoms with Gasteiger partial charge in [-0.05, 0) is 51.4 Å². The number of rotatable bonds is 4. The van der Waals surface area contributed by atoms with E-state index in [1.807, 2.05) is 7.05 Å². The quantitative estimate of drug-likeness (QED) is 0.915. The summed E-state index contributed by atoms with van der Waals surface area (Å²) in [7, 11) is 2.05. The van der Waals surface area contributed by atoms with E-state index < -0.39 is 0 Å². The van der Waals surface area contributed by atoms with Crippen LogP contribution < -0.4 is 5.32 Å². The van der Waals surface area contributed by atoms with Crippen LogP contribution in [0.3, 0.4) is 0 Å². The molecule has 0 radical (unpaired) electrons. The monoisotopic (exact) mass is 276 g/mol. The molecule has 3 heteroatoms. The van der Waals surface area contributed by atoms with E-state index in [4.69, 9.17) is 4.74 Å². The highest BCUT2D eigenvalue weighted by molar-refractivity contribution is 5.32. The Morgan fingerprint density at radius 2 is 2.05 bits per heavy atom. The van der Waals surface area contributed by atoms with Crippen LogP contribution in [0.4, 0.5) is 0 Å². The van der Waals surface area contributed by atoms with Crippen molar-refractivity contribution in [3.8, 4) is 0 Å². The van der Waals surface area contributed by atoms with Crippen LogP contribution in [0.2, 0.25) is 0 Å². The molecule has 1 aromatic carbocycles. The van der Waals surface area contributed by atoms with E-state index in [1.54, 1.807) is 0 Å². The number of hydrogen-bond acceptors (Lipinski definition) is 3. The molecule has 1 N–H and O–H groups in total. The summed E-state index contributed by atoms with van der Waals surface area (Å²) in [5, 5.41) is 3.47. The first kappa shape index (κ1) is 15.5. The molecule has 1 aliphatic rings. The fraction of sp³-hybridized carbons (Fsp3) is 0.647. The van der Waals surface area contributed by atoms with E-state index in [-0.39, 0.29) is 5.54 Å². The smallest absolute Gasteiger partial charge is 0.0645 e. The molecule has 0 spiro atoms. The van der Waals surface area contributed by atoms with Gasteiger partial charge in [-0.25, -0.2) is 0 Å². The highest BCUT2D eigenvalue weighted by Gasteiger charge is 2.32. The Labute approximate surface area is 123 Å². The third-order valence-electron chi connectivity index (χ3n) is 4.50. The second kappa shape index (κ2) is 6.25. The zero-order valence-electron chi connectivity index (χ0n) is 13.5. The van der Waals surface area contributed by atoms with Gasteiger partial charge in [0.2, 0.25) is 0 Å². The minimum absolute atomic E-state index is 0.118. The molecule has 1 saturated heterocycles. The summed E-state index contributed by atoms with van der Waals surface area (Å²) in [6.07, 6.45) is 0. The number of ether oxygens (including phenoxy) is 1. The molecule has 2 rings (SSSR count). The van der Waals surface area contributed by atoms with E-state index >= 15 is 0 Å². The van der Waals surface area contributed by atoms with E-state index in [1.165, 1.54) is 16.7 Å². The summed E-state index contributed by atoms with van der Waals surface area (Å²) in [5.74, 6) is 0. The molecular weight excluding hydrogens is 248 g/mol. The highest BCUT2D eigenvalue weighted by Crippen LogP contribution is 2.24. The predicted octanol–water partition coefficient (Wildman–Crippen LogP) is 2.67. The van der Waals surface area contributed by atoms with Gasteiger partial charge in [0.1, 0.15) is 0 Å². The number of nitrogens with one attached hydrogen (secondary N) is 1. The Hall–Kier alpha value is -0.900. The van der Waals surface area contributed by atoms with Crippen LogP contribution >= 0.6 is 0 Å². The average Bonchev–Trinajstić information content (AvgIpc) is 2.40. The highest BCUT2D eigenvalue weighted by atomic mass is 16.5. The van der Waals surface area contributed by atoms with Crippen molar-refractivity contribution in [3.05, 3.63) is 34.9 Å². The molecule has 20 heavy (non-hydrogen) atoms. The lowest BCUT2D eigenvalue weighted by atomic mass is 9.97. The second-order valence-corrected chi connectivity index (χ2v) is 6.50. The molecule has 0 aliphatic carbocycles. The molecule has 0 amide bonds. The number of benzene rings is 1. The van der Waals surface area contributed by atoms with Gasteiger partial charge < -0.3 is 10.1 Å². The predicted molar refractivity (Wildman–Crippen MR) is 84.2 cm³/mol. The van der Waals surface area contributed by atoms with Crippen molar-refractivity contribution in [1.29, 1.82) is 0 Å². The lowest BCUT2D eigenvalue weighted by Gasteiger charge is -2.43. The third-order valence-corrected chi connectivity index (χ3v) is 4.50. The number of aryl methyl sites for hydroxylation is 2. The molecule has 1 atom stereocenters. The molecule has 0 aromatic heterocycles. The summed E-state index contributed by atoms with van der Waals surface area (Å²) in [5.41, 5.74) is 4.21. The molecule has 112 valence electrons. The largest absolute Gasteiger partial charge is 0.378 e. The molecule has 0 bridgehead atoms. The molecule has 1 fully saturated rings. The van der Waals surface area contributed by atoms with Crippen molar-refractivity contribution in [2.75, 3.05) is 33.4 Å². The molecule has 1 heterocycles. The van der Waals surface area contributed by atoms with Gasteiger partial charge in [0.15, 0.2) is 0 Å². The minimum atomic E-state index is 0.118. The summed E-state index contributed by atoms with van der Waals surface area (Å²) >= 11 is 0. The van der Waals surface area contributed by atoms with E-state index in [0.717, 1.165) is 26.3 Å².